The zero-order valence-electron chi connectivity index (χ0n) is 15.7. The van der Waals surface area contributed by atoms with Crippen LogP contribution in [0.5, 0.6) is 0 Å². The lowest BCUT2D eigenvalue weighted by Gasteiger charge is -2.38. The molecule has 4 heteroatoms. The van der Waals surface area contributed by atoms with Crippen molar-refractivity contribution in [1.29, 1.82) is 0 Å². The number of ketones is 1. The van der Waals surface area contributed by atoms with Crippen LogP contribution in [0.15, 0.2) is 11.8 Å². The topological polar surface area (TPSA) is 52.6 Å². The summed E-state index contributed by atoms with van der Waals surface area (Å²) in [5, 5.41) is 0. The third-order valence-corrected chi connectivity index (χ3v) is 5.79. The predicted molar refractivity (Wildman–Crippen MR) is 93.2 cm³/mol. The van der Waals surface area contributed by atoms with E-state index in [2.05, 4.69) is 20.8 Å². The number of esters is 1. The third kappa shape index (κ3) is 4.20. The van der Waals surface area contributed by atoms with Gasteiger partial charge in [0.25, 0.3) is 0 Å². The highest BCUT2D eigenvalue weighted by Crippen LogP contribution is 2.38. The largest absolute Gasteiger partial charge is 0.500 e. The molecule has 1 saturated carbocycles. The molecule has 0 aromatic heterocycles. The Morgan fingerprint density at radius 3 is 2.62 bits per heavy atom. The van der Waals surface area contributed by atoms with E-state index in [1.807, 2.05) is 6.92 Å². The fraction of sp³-hybridized carbons (Fsp3) is 0.800. The molecular weight excluding hydrogens is 304 g/mol. The van der Waals surface area contributed by atoms with E-state index in [9.17, 15) is 9.59 Å². The van der Waals surface area contributed by atoms with Gasteiger partial charge in [0.15, 0.2) is 5.78 Å². The molecule has 2 aliphatic carbocycles. The van der Waals surface area contributed by atoms with Gasteiger partial charge in [-0.05, 0) is 36.5 Å². The predicted octanol–water partition coefficient (Wildman–Crippen LogP) is 4.14. The van der Waals surface area contributed by atoms with Crippen molar-refractivity contribution in [2.24, 2.45) is 29.6 Å². The van der Waals surface area contributed by atoms with Gasteiger partial charge in [0.1, 0.15) is 17.8 Å². The lowest BCUT2D eigenvalue weighted by molar-refractivity contribution is -0.163. The summed E-state index contributed by atoms with van der Waals surface area (Å²) in [6.45, 7) is 8.65. The van der Waals surface area contributed by atoms with E-state index in [0.717, 1.165) is 19.3 Å². The van der Waals surface area contributed by atoms with Crippen LogP contribution in [0.4, 0.5) is 0 Å². The highest BCUT2D eigenvalue weighted by atomic mass is 16.5. The summed E-state index contributed by atoms with van der Waals surface area (Å²) in [7, 11) is 1.52. The molecule has 1 fully saturated rings. The molecule has 0 heterocycles. The average Bonchev–Trinajstić information content (AvgIpc) is 2.53. The summed E-state index contributed by atoms with van der Waals surface area (Å²) in [5.74, 6) is 1.33. The summed E-state index contributed by atoms with van der Waals surface area (Å²) in [6, 6.07) is 0. The standard InChI is InChI=1S/C20H32O4/c1-6-14-10-15(21)11-18(23-5)19(14)20(22)24-17-9-13(4)7-8-16(17)12(2)3/h11-14,16-17,19H,6-10H2,1-5H3/t13?,14-,16?,17?,19+/m0/s1. The van der Waals surface area contributed by atoms with E-state index >= 15 is 0 Å². The van der Waals surface area contributed by atoms with Crippen LogP contribution in [-0.4, -0.2) is 25.0 Å². The summed E-state index contributed by atoms with van der Waals surface area (Å²) in [4.78, 5) is 24.8. The lowest BCUT2D eigenvalue weighted by Crippen LogP contribution is -2.40. The fourth-order valence-electron chi connectivity index (χ4n) is 4.26. The van der Waals surface area contributed by atoms with Crippen LogP contribution in [0, 0.1) is 29.6 Å². The Hall–Kier alpha value is -1.32. The minimum absolute atomic E-state index is 0.0190. The Morgan fingerprint density at radius 1 is 1.33 bits per heavy atom. The SMILES string of the molecule is CC[C@H]1CC(=O)C=C(OC)[C@@H]1C(=O)OC1CC(C)CCC1C(C)C. The molecule has 0 aromatic rings. The first-order chi connectivity index (χ1) is 11.4. The van der Waals surface area contributed by atoms with Gasteiger partial charge in [-0.2, -0.15) is 0 Å². The van der Waals surface area contributed by atoms with E-state index in [-0.39, 0.29) is 23.8 Å². The van der Waals surface area contributed by atoms with Crippen LogP contribution in [0.25, 0.3) is 0 Å². The Labute approximate surface area is 146 Å². The van der Waals surface area contributed by atoms with Crippen molar-refractivity contribution in [1.82, 2.24) is 0 Å². The van der Waals surface area contributed by atoms with Crippen molar-refractivity contribution in [3.63, 3.8) is 0 Å². The highest BCUT2D eigenvalue weighted by molar-refractivity contribution is 5.93. The second kappa shape index (κ2) is 8.17. The minimum atomic E-state index is -0.442. The number of carbonyl (C=O) groups excluding carboxylic acids is 2. The van der Waals surface area contributed by atoms with Crippen molar-refractivity contribution in [3.8, 4) is 0 Å². The molecule has 0 aromatic carbocycles. The second-order valence-corrected chi connectivity index (χ2v) is 7.87. The molecule has 136 valence electrons. The van der Waals surface area contributed by atoms with Gasteiger partial charge in [0, 0.05) is 12.5 Å². The fourth-order valence-corrected chi connectivity index (χ4v) is 4.26. The van der Waals surface area contributed by atoms with E-state index in [0.29, 0.717) is 29.9 Å². The zero-order valence-corrected chi connectivity index (χ0v) is 15.7. The molecule has 0 spiro atoms. The number of rotatable bonds is 5. The number of allylic oxidation sites excluding steroid dienone is 1. The Balaban J connectivity index is 2.16. The van der Waals surface area contributed by atoms with E-state index < -0.39 is 5.92 Å². The average molecular weight is 336 g/mol. The molecule has 2 rings (SSSR count). The van der Waals surface area contributed by atoms with Crippen molar-refractivity contribution < 1.29 is 19.1 Å². The van der Waals surface area contributed by atoms with Crippen LogP contribution in [0.3, 0.4) is 0 Å². The third-order valence-electron chi connectivity index (χ3n) is 5.79. The first-order valence-electron chi connectivity index (χ1n) is 9.36. The van der Waals surface area contributed by atoms with Crippen molar-refractivity contribution in [2.45, 2.75) is 65.9 Å². The molecule has 0 N–H and O–H groups in total. The molecule has 3 unspecified atom stereocenters. The molecule has 4 nitrogen and oxygen atoms in total. The Morgan fingerprint density at radius 2 is 2.04 bits per heavy atom. The molecule has 0 aliphatic heterocycles. The van der Waals surface area contributed by atoms with Gasteiger partial charge in [0.2, 0.25) is 0 Å². The second-order valence-electron chi connectivity index (χ2n) is 7.87. The van der Waals surface area contributed by atoms with Gasteiger partial charge < -0.3 is 9.47 Å². The maximum Gasteiger partial charge on any atom is 0.317 e. The van der Waals surface area contributed by atoms with Crippen molar-refractivity contribution in [3.05, 3.63) is 11.8 Å². The smallest absolute Gasteiger partial charge is 0.317 e. The normalized spacial score (nSPS) is 34.0. The summed E-state index contributed by atoms with van der Waals surface area (Å²) in [6.07, 6.45) is 5.87. The Bertz CT molecular complexity index is 494. The molecule has 0 amide bonds. The quantitative estimate of drug-likeness (QED) is 0.708. The minimum Gasteiger partial charge on any atom is -0.500 e. The van der Waals surface area contributed by atoms with Gasteiger partial charge in [-0.1, -0.05) is 40.5 Å². The van der Waals surface area contributed by atoms with Crippen molar-refractivity contribution in [2.75, 3.05) is 7.11 Å². The molecule has 0 bridgehead atoms. The van der Waals surface area contributed by atoms with Gasteiger partial charge in [0.05, 0.1) is 7.11 Å². The molecule has 24 heavy (non-hydrogen) atoms. The monoisotopic (exact) mass is 336 g/mol. The van der Waals surface area contributed by atoms with Crippen LogP contribution in [-0.2, 0) is 19.1 Å². The molecule has 2 aliphatic rings. The first kappa shape index (κ1) is 19.0. The van der Waals surface area contributed by atoms with E-state index in [4.69, 9.17) is 9.47 Å². The van der Waals surface area contributed by atoms with Gasteiger partial charge >= 0.3 is 5.97 Å². The van der Waals surface area contributed by atoms with Gasteiger partial charge in [-0.3, -0.25) is 9.59 Å². The van der Waals surface area contributed by atoms with E-state index in [1.54, 1.807) is 0 Å². The van der Waals surface area contributed by atoms with Crippen LogP contribution < -0.4 is 0 Å². The van der Waals surface area contributed by atoms with Crippen molar-refractivity contribution >= 4 is 11.8 Å². The summed E-state index contributed by atoms with van der Waals surface area (Å²) >= 11 is 0. The first-order valence-corrected chi connectivity index (χ1v) is 9.36. The molecule has 0 radical (unpaired) electrons. The molecule has 5 atom stereocenters. The maximum absolute atomic E-state index is 12.9. The van der Waals surface area contributed by atoms with E-state index in [1.165, 1.54) is 19.6 Å². The zero-order chi connectivity index (χ0) is 17.9. The summed E-state index contributed by atoms with van der Waals surface area (Å²) in [5.41, 5.74) is 0. The van der Waals surface area contributed by atoms with Crippen LogP contribution >= 0.6 is 0 Å². The Kier molecular flexibility index (Phi) is 6.47. The molecular formula is C20H32O4. The number of hydrogen-bond donors (Lipinski definition) is 0. The van der Waals surface area contributed by atoms with Gasteiger partial charge in [-0.25, -0.2) is 0 Å². The number of hydrogen-bond acceptors (Lipinski definition) is 4. The number of methoxy groups -OCH3 is 1. The summed E-state index contributed by atoms with van der Waals surface area (Å²) < 4.78 is 11.4. The van der Waals surface area contributed by atoms with Crippen LogP contribution in [0.2, 0.25) is 0 Å². The number of carbonyl (C=O) groups is 2. The lowest BCUT2D eigenvalue weighted by atomic mass is 9.75. The van der Waals surface area contributed by atoms with Crippen LogP contribution in [0.1, 0.15) is 59.8 Å². The maximum atomic E-state index is 12.9. The molecule has 0 saturated heterocycles. The number of ether oxygens (including phenoxy) is 2. The van der Waals surface area contributed by atoms with Gasteiger partial charge in [-0.15, -0.1) is 0 Å². The highest BCUT2D eigenvalue weighted by Gasteiger charge is 2.41.